The highest BCUT2D eigenvalue weighted by molar-refractivity contribution is 9.12. The van der Waals surface area contributed by atoms with Crippen LogP contribution >= 0.6 is 15.9 Å². The predicted molar refractivity (Wildman–Crippen MR) is 109 cm³/mol. The molecule has 0 bridgehead atoms. The fourth-order valence-corrected chi connectivity index (χ4v) is 4.98. The number of carbonyl (C=O) groups excluding carboxylic acids is 3. The van der Waals surface area contributed by atoms with Crippen LogP contribution in [0.15, 0.2) is 45.7 Å². The van der Waals surface area contributed by atoms with Crippen molar-refractivity contribution in [1.82, 2.24) is 5.32 Å². The zero-order valence-corrected chi connectivity index (χ0v) is 18.1. The SMILES string of the molecule is CC1(C)OC2=C(C(=O)C3C(=O)CCCC3=C2Br)[C@H](NC(=O)c2ccc(F)cc2)[C@H]1O. The molecule has 6 nitrogen and oxygen atoms in total. The van der Waals surface area contributed by atoms with E-state index in [9.17, 15) is 23.9 Å². The summed E-state index contributed by atoms with van der Waals surface area (Å²) in [5, 5.41) is 13.6. The second kappa shape index (κ2) is 7.42. The summed E-state index contributed by atoms with van der Waals surface area (Å²) in [7, 11) is 0. The Morgan fingerprint density at radius 1 is 1.23 bits per heavy atom. The average Bonchev–Trinajstić information content (AvgIpc) is 2.69. The maximum atomic E-state index is 13.4. The van der Waals surface area contributed by atoms with Gasteiger partial charge in [-0.05, 0) is 72.5 Å². The van der Waals surface area contributed by atoms with Gasteiger partial charge >= 0.3 is 0 Å². The van der Waals surface area contributed by atoms with Gasteiger partial charge in [-0.3, -0.25) is 14.4 Å². The number of amides is 1. The number of Topliss-reactive ketones (excluding diaryl/α,β-unsaturated/α-hetero) is 2. The molecule has 1 heterocycles. The Bertz CT molecular complexity index is 1010. The maximum absolute atomic E-state index is 13.4. The van der Waals surface area contributed by atoms with Crippen LogP contribution in [0.5, 0.6) is 0 Å². The van der Waals surface area contributed by atoms with E-state index in [-0.39, 0.29) is 22.7 Å². The number of aliphatic hydroxyl groups is 1. The van der Waals surface area contributed by atoms with Gasteiger partial charge < -0.3 is 15.2 Å². The summed E-state index contributed by atoms with van der Waals surface area (Å²) in [6.45, 7) is 3.32. The van der Waals surface area contributed by atoms with Crippen LogP contribution in [-0.2, 0) is 14.3 Å². The van der Waals surface area contributed by atoms with Gasteiger partial charge in [0.1, 0.15) is 35.0 Å². The zero-order chi connectivity index (χ0) is 21.8. The summed E-state index contributed by atoms with van der Waals surface area (Å²) in [5.74, 6) is -2.35. The second-order valence-electron chi connectivity index (χ2n) is 8.31. The molecule has 1 saturated carbocycles. The molecule has 158 valence electrons. The minimum atomic E-state index is -1.25. The number of carbonyl (C=O) groups is 3. The van der Waals surface area contributed by atoms with Crippen molar-refractivity contribution in [2.24, 2.45) is 5.92 Å². The largest absolute Gasteiger partial charge is 0.483 e. The number of nitrogens with one attached hydrogen (secondary N) is 1. The molecule has 4 rings (SSSR count). The predicted octanol–water partition coefficient (Wildman–Crippen LogP) is 2.95. The Balaban J connectivity index is 1.78. The van der Waals surface area contributed by atoms with Gasteiger partial charge in [-0.1, -0.05) is 0 Å². The molecule has 1 unspecified atom stereocenters. The summed E-state index contributed by atoms with van der Waals surface area (Å²) in [5.41, 5.74) is -0.161. The van der Waals surface area contributed by atoms with Crippen molar-refractivity contribution in [3.8, 4) is 0 Å². The smallest absolute Gasteiger partial charge is 0.251 e. The van der Waals surface area contributed by atoms with Crippen molar-refractivity contribution in [3.05, 3.63) is 57.0 Å². The number of hydrogen-bond acceptors (Lipinski definition) is 5. The quantitative estimate of drug-likeness (QED) is 0.638. The van der Waals surface area contributed by atoms with Crippen LogP contribution in [0, 0.1) is 11.7 Å². The first-order valence-corrected chi connectivity index (χ1v) is 10.5. The van der Waals surface area contributed by atoms with Gasteiger partial charge in [-0.2, -0.15) is 0 Å². The van der Waals surface area contributed by atoms with Gasteiger partial charge in [0.2, 0.25) is 0 Å². The normalized spacial score (nSPS) is 28.0. The Kier molecular flexibility index (Phi) is 5.18. The number of ketones is 2. The van der Waals surface area contributed by atoms with Crippen molar-refractivity contribution in [3.63, 3.8) is 0 Å². The highest BCUT2D eigenvalue weighted by Gasteiger charge is 2.52. The third-order valence-electron chi connectivity index (χ3n) is 5.89. The first-order valence-electron chi connectivity index (χ1n) is 9.75. The topological polar surface area (TPSA) is 92.7 Å². The van der Waals surface area contributed by atoms with E-state index < -0.39 is 41.2 Å². The summed E-state index contributed by atoms with van der Waals surface area (Å²) in [6.07, 6.45) is 0.319. The molecule has 1 amide bonds. The van der Waals surface area contributed by atoms with E-state index in [0.29, 0.717) is 29.3 Å². The Labute approximate surface area is 181 Å². The number of hydrogen-bond donors (Lipinski definition) is 2. The monoisotopic (exact) mass is 477 g/mol. The lowest BCUT2D eigenvalue weighted by Gasteiger charge is -2.46. The molecule has 1 aliphatic heterocycles. The van der Waals surface area contributed by atoms with Crippen LogP contribution < -0.4 is 5.32 Å². The van der Waals surface area contributed by atoms with Crippen LogP contribution in [0.3, 0.4) is 0 Å². The molecule has 0 aromatic heterocycles. The molecular formula is C22H21BrFNO5. The minimum Gasteiger partial charge on any atom is -0.483 e. The Morgan fingerprint density at radius 2 is 1.90 bits per heavy atom. The van der Waals surface area contributed by atoms with Gasteiger partial charge in [0.05, 0.1) is 16.1 Å². The van der Waals surface area contributed by atoms with Crippen LogP contribution in [0.1, 0.15) is 43.5 Å². The molecule has 3 aliphatic rings. The minimum absolute atomic E-state index is 0.0770. The molecule has 2 aliphatic carbocycles. The third-order valence-corrected chi connectivity index (χ3v) is 6.76. The molecule has 2 N–H and O–H groups in total. The van der Waals surface area contributed by atoms with Gasteiger partial charge in [-0.15, -0.1) is 0 Å². The fraction of sp³-hybridized carbons (Fsp3) is 0.409. The Hall–Kier alpha value is -2.32. The first kappa shape index (κ1) is 20.9. The fourth-order valence-electron chi connectivity index (χ4n) is 4.26. The number of fused-ring (bicyclic) bond motifs is 1. The van der Waals surface area contributed by atoms with E-state index in [4.69, 9.17) is 4.74 Å². The molecule has 0 saturated heterocycles. The number of benzene rings is 1. The van der Waals surface area contributed by atoms with Gasteiger partial charge in [0, 0.05) is 12.0 Å². The number of allylic oxidation sites excluding steroid dienone is 2. The highest BCUT2D eigenvalue weighted by atomic mass is 79.9. The summed E-state index contributed by atoms with van der Waals surface area (Å²) < 4.78 is 19.7. The van der Waals surface area contributed by atoms with Crippen molar-refractivity contribution < 1.29 is 28.6 Å². The first-order chi connectivity index (χ1) is 14.1. The second-order valence-corrected chi connectivity index (χ2v) is 9.10. The van der Waals surface area contributed by atoms with Gasteiger partial charge in [-0.25, -0.2) is 4.39 Å². The number of rotatable bonds is 2. The number of ether oxygens (including phenoxy) is 1. The average molecular weight is 478 g/mol. The van der Waals surface area contributed by atoms with Gasteiger partial charge in [0.25, 0.3) is 5.91 Å². The lowest BCUT2D eigenvalue weighted by Crippen LogP contribution is -2.60. The lowest BCUT2D eigenvalue weighted by molar-refractivity contribution is -0.133. The molecular weight excluding hydrogens is 457 g/mol. The Morgan fingerprint density at radius 3 is 2.57 bits per heavy atom. The van der Waals surface area contributed by atoms with Crippen molar-refractivity contribution in [2.45, 2.75) is 50.9 Å². The van der Waals surface area contributed by atoms with Crippen molar-refractivity contribution >= 4 is 33.4 Å². The summed E-state index contributed by atoms with van der Waals surface area (Å²) in [4.78, 5) is 38.7. The van der Waals surface area contributed by atoms with E-state index >= 15 is 0 Å². The van der Waals surface area contributed by atoms with Crippen LogP contribution in [-0.4, -0.2) is 40.3 Å². The van der Waals surface area contributed by atoms with E-state index in [1.807, 2.05) is 0 Å². The standard InChI is InChI=1S/C22H21BrFNO5/c1-22(2)20(28)17(25-21(29)10-6-8-11(24)9-7-10)15-18(27)14-12(4-3-5-13(14)26)16(23)19(15)30-22/h6-9,14,17,20,28H,3-5H2,1-2H3,(H,25,29)/t14?,17-,20+/m0/s1. The van der Waals surface area contributed by atoms with Crippen molar-refractivity contribution in [2.75, 3.05) is 0 Å². The molecule has 0 spiro atoms. The molecule has 1 aromatic carbocycles. The molecule has 1 fully saturated rings. The summed E-state index contributed by atoms with van der Waals surface area (Å²) >= 11 is 3.50. The van der Waals surface area contributed by atoms with E-state index in [2.05, 4.69) is 21.2 Å². The molecule has 8 heteroatoms. The molecule has 30 heavy (non-hydrogen) atoms. The van der Waals surface area contributed by atoms with E-state index in [0.717, 1.165) is 12.1 Å². The van der Waals surface area contributed by atoms with E-state index in [1.165, 1.54) is 12.1 Å². The third kappa shape index (κ3) is 3.32. The highest BCUT2D eigenvalue weighted by Crippen LogP contribution is 2.47. The molecule has 0 radical (unpaired) electrons. The zero-order valence-electron chi connectivity index (χ0n) is 16.5. The maximum Gasteiger partial charge on any atom is 0.251 e. The van der Waals surface area contributed by atoms with Crippen LogP contribution in [0.2, 0.25) is 0 Å². The molecule has 3 atom stereocenters. The number of aliphatic hydroxyl groups excluding tert-OH is 1. The van der Waals surface area contributed by atoms with Crippen LogP contribution in [0.4, 0.5) is 4.39 Å². The van der Waals surface area contributed by atoms with Crippen LogP contribution in [0.25, 0.3) is 0 Å². The molecule has 1 aromatic rings. The van der Waals surface area contributed by atoms with E-state index in [1.54, 1.807) is 13.8 Å². The lowest BCUT2D eigenvalue weighted by atomic mass is 9.71. The van der Waals surface area contributed by atoms with Gasteiger partial charge in [0.15, 0.2) is 5.78 Å². The summed E-state index contributed by atoms with van der Waals surface area (Å²) in [6, 6.07) is 3.86. The van der Waals surface area contributed by atoms with Crippen molar-refractivity contribution in [1.29, 1.82) is 0 Å². The number of halogens is 2.